The molecule has 88 valence electrons. The fourth-order valence-corrected chi connectivity index (χ4v) is 2.92. The molecule has 1 rings (SSSR count). The predicted molar refractivity (Wildman–Crippen MR) is 69.4 cm³/mol. The van der Waals surface area contributed by atoms with Crippen LogP contribution in [0.2, 0.25) is 0 Å². The van der Waals surface area contributed by atoms with E-state index in [9.17, 15) is 4.79 Å². The van der Waals surface area contributed by atoms with Crippen LogP contribution in [0, 0.1) is 20.8 Å². The summed E-state index contributed by atoms with van der Waals surface area (Å²) in [7, 11) is 0. The van der Waals surface area contributed by atoms with Crippen molar-refractivity contribution in [1.82, 2.24) is 0 Å². The van der Waals surface area contributed by atoms with Crippen molar-refractivity contribution >= 4 is 5.78 Å². The molecule has 0 atom stereocenters. The molecule has 0 aliphatic carbocycles. The highest BCUT2D eigenvalue weighted by molar-refractivity contribution is 5.97. The SMILES string of the molecule is CCc1c(C)c(CC)c(C)c(C(C)=O)c1C. The second-order valence-electron chi connectivity index (χ2n) is 4.47. The molecule has 0 aromatic heterocycles. The largest absolute Gasteiger partial charge is 0.294 e. The minimum Gasteiger partial charge on any atom is -0.294 e. The van der Waals surface area contributed by atoms with E-state index in [1.54, 1.807) is 6.92 Å². The maximum absolute atomic E-state index is 11.7. The summed E-state index contributed by atoms with van der Waals surface area (Å²) >= 11 is 0. The Morgan fingerprint density at radius 1 is 0.875 bits per heavy atom. The van der Waals surface area contributed by atoms with Crippen LogP contribution in [0.5, 0.6) is 0 Å². The van der Waals surface area contributed by atoms with E-state index in [1.165, 1.54) is 27.8 Å². The molecule has 0 spiro atoms. The quantitative estimate of drug-likeness (QED) is 0.702. The maximum atomic E-state index is 11.7. The van der Waals surface area contributed by atoms with Crippen LogP contribution < -0.4 is 0 Å². The molecule has 0 aliphatic heterocycles. The summed E-state index contributed by atoms with van der Waals surface area (Å²) < 4.78 is 0. The third-order valence-electron chi connectivity index (χ3n) is 3.62. The molecule has 0 saturated heterocycles. The van der Waals surface area contributed by atoms with E-state index in [1.807, 2.05) is 0 Å². The Kier molecular flexibility index (Phi) is 3.90. The van der Waals surface area contributed by atoms with Gasteiger partial charge in [-0.05, 0) is 68.4 Å². The first-order valence-corrected chi connectivity index (χ1v) is 6.08. The van der Waals surface area contributed by atoms with Gasteiger partial charge in [0.25, 0.3) is 0 Å². The van der Waals surface area contributed by atoms with Gasteiger partial charge >= 0.3 is 0 Å². The number of carbonyl (C=O) groups excluding carboxylic acids is 1. The molecule has 0 radical (unpaired) electrons. The van der Waals surface area contributed by atoms with Gasteiger partial charge in [-0.3, -0.25) is 4.79 Å². The number of rotatable bonds is 3. The Bertz CT molecular complexity index is 397. The van der Waals surface area contributed by atoms with Gasteiger partial charge in [0, 0.05) is 5.56 Å². The van der Waals surface area contributed by atoms with E-state index in [4.69, 9.17) is 0 Å². The number of hydrogen-bond donors (Lipinski definition) is 0. The van der Waals surface area contributed by atoms with Gasteiger partial charge < -0.3 is 0 Å². The normalized spacial score (nSPS) is 10.6. The standard InChI is InChI=1S/C15H22O/c1-7-13-9(3)14(8-2)11(5)15(10(13)4)12(6)16/h7-8H2,1-6H3. The van der Waals surface area contributed by atoms with Crippen molar-refractivity contribution < 1.29 is 4.79 Å². The van der Waals surface area contributed by atoms with Crippen molar-refractivity contribution in [2.24, 2.45) is 0 Å². The minimum atomic E-state index is 0.194. The van der Waals surface area contributed by atoms with E-state index in [0.717, 1.165) is 18.4 Å². The van der Waals surface area contributed by atoms with E-state index < -0.39 is 0 Å². The molecule has 0 heterocycles. The van der Waals surface area contributed by atoms with Crippen molar-refractivity contribution in [3.63, 3.8) is 0 Å². The van der Waals surface area contributed by atoms with Crippen LogP contribution in [0.25, 0.3) is 0 Å². The molecule has 1 nitrogen and oxygen atoms in total. The fourth-order valence-electron chi connectivity index (χ4n) is 2.92. The van der Waals surface area contributed by atoms with Crippen molar-refractivity contribution in [2.45, 2.75) is 54.4 Å². The topological polar surface area (TPSA) is 17.1 Å². The van der Waals surface area contributed by atoms with Gasteiger partial charge in [-0.1, -0.05) is 13.8 Å². The molecule has 0 saturated carbocycles. The van der Waals surface area contributed by atoms with Gasteiger partial charge in [-0.2, -0.15) is 0 Å². The van der Waals surface area contributed by atoms with E-state index in [-0.39, 0.29) is 5.78 Å². The van der Waals surface area contributed by atoms with Crippen LogP contribution in [0.3, 0.4) is 0 Å². The molecule has 0 amide bonds. The summed E-state index contributed by atoms with van der Waals surface area (Å²) in [6, 6.07) is 0. The highest BCUT2D eigenvalue weighted by Crippen LogP contribution is 2.28. The Hall–Kier alpha value is -1.11. The molecular weight excluding hydrogens is 196 g/mol. The zero-order valence-corrected chi connectivity index (χ0v) is 11.3. The van der Waals surface area contributed by atoms with E-state index in [2.05, 4.69) is 34.6 Å². The maximum Gasteiger partial charge on any atom is 0.160 e. The van der Waals surface area contributed by atoms with E-state index >= 15 is 0 Å². The summed E-state index contributed by atoms with van der Waals surface area (Å²) in [4.78, 5) is 11.7. The van der Waals surface area contributed by atoms with Crippen LogP contribution in [0.4, 0.5) is 0 Å². The van der Waals surface area contributed by atoms with Crippen LogP contribution >= 0.6 is 0 Å². The lowest BCUT2D eigenvalue weighted by molar-refractivity contribution is 0.101. The van der Waals surface area contributed by atoms with E-state index in [0.29, 0.717) is 0 Å². The second kappa shape index (κ2) is 4.82. The third kappa shape index (κ3) is 1.91. The highest BCUT2D eigenvalue weighted by Gasteiger charge is 2.17. The minimum absolute atomic E-state index is 0.194. The number of carbonyl (C=O) groups is 1. The Morgan fingerprint density at radius 3 is 1.50 bits per heavy atom. The summed E-state index contributed by atoms with van der Waals surface area (Å²) in [6.45, 7) is 12.3. The van der Waals surface area contributed by atoms with Gasteiger partial charge in [0.15, 0.2) is 5.78 Å². The molecule has 0 unspecified atom stereocenters. The number of Topliss-reactive ketones (excluding diaryl/α,β-unsaturated/α-hetero) is 1. The molecule has 0 fully saturated rings. The zero-order chi connectivity index (χ0) is 12.5. The summed E-state index contributed by atoms with van der Waals surface area (Å²) in [5.74, 6) is 0.194. The lowest BCUT2D eigenvalue weighted by atomic mass is 9.85. The number of benzene rings is 1. The predicted octanol–water partition coefficient (Wildman–Crippen LogP) is 3.94. The van der Waals surface area contributed by atoms with Gasteiger partial charge in [0.1, 0.15) is 0 Å². The van der Waals surface area contributed by atoms with Gasteiger partial charge in [0.05, 0.1) is 0 Å². The van der Waals surface area contributed by atoms with Crippen LogP contribution in [-0.4, -0.2) is 5.78 Å². The third-order valence-corrected chi connectivity index (χ3v) is 3.62. The average molecular weight is 218 g/mol. The summed E-state index contributed by atoms with van der Waals surface area (Å²) in [5, 5.41) is 0. The van der Waals surface area contributed by atoms with Gasteiger partial charge in [0.2, 0.25) is 0 Å². The lowest BCUT2D eigenvalue weighted by Crippen LogP contribution is -2.09. The second-order valence-corrected chi connectivity index (χ2v) is 4.47. The average Bonchev–Trinajstić information content (AvgIpc) is 2.18. The first-order chi connectivity index (χ1) is 7.45. The Morgan fingerprint density at radius 2 is 1.25 bits per heavy atom. The monoisotopic (exact) mass is 218 g/mol. The van der Waals surface area contributed by atoms with Crippen molar-refractivity contribution in [3.8, 4) is 0 Å². The zero-order valence-electron chi connectivity index (χ0n) is 11.3. The lowest BCUT2D eigenvalue weighted by Gasteiger charge is -2.19. The first-order valence-electron chi connectivity index (χ1n) is 6.08. The summed E-state index contributed by atoms with van der Waals surface area (Å²) in [6.07, 6.45) is 2.01. The van der Waals surface area contributed by atoms with Crippen molar-refractivity contribution in [2.75, 3.05) is 0 Å². The van der Waals surface area contributed by atoms with Crippen LogP contribution in [0.1, 0.15) is 58.9 Å². The molecule has 0 N–H and O–H groups in total. The van der Waals surface area contributed by atoms with Crippen molar-refractivity contribution in [1.29, 1.82) is 0 Å². The number of hydrogen-bond acceptors (Lipinski definition) is 1. The molecule has 1 aromatic carbocycles. The highest BCUT2D eigenvalue weighted by atomic mass is 16.1. The molecule has 1 aromatic rings. The molecular formula is C15H22O. The number of ketones is 1. The van der Waals surface area contributed by atoms with Crippen molar-refractivity contribution in [3.05, 3.63) is 33.4 Å². The molecule has 0 aliphatic rings. The fraction of sp³-hybridized carbons (Fsp3) is 0.533. The summed E-state index contributed by atoms with van der Waals surface area (Å²) in [5.41, 5.74) is 7.40. The van der Waals surface area contributed by atoms with Crippen LogP contribution in [0.15, 0.2) is 0 Å². The molecule has 0 bridgehead atoms. The smallest absolute Gasteiger partial charge is 0.160 e. The Balaban J connectivity index is 3.70. The first kappa shape index (κ1) is 13.0. The van der Waals surface area contributed by atoms with Crippen LogP contribution in [-0.2, 0) is 12.8 Å². The van der Waals surface area contributed by atoms with Gasteiger partial charge in [-0.15, -0.1) is 0 Å². The molecule has 1 heteroatoms. The molecule has 16 heavy (non-hydrogen) atoms. The van der Waals surface area contributed by atoms with Gasteiger partial charge in [-0.25, -0.2) is 0 Å². The Labute approximate surface area is 98.9 Å².